The first-order chi connectivity index (χ1) is 12.8. The fourth-order valence-corrected chi connectivity index (χ4v) is 8.33. The number of hydrogen-bond acceptors (Lipinski definition) is 5. The summed E-state index contributed by atoms with van der Waals surface area (Å²) in [5, 5.41) is 0. The maximum Gasteiger partial charge on any atom is 0.501 e. The van der Waals surface area contributed by atoms with Crippen molar-refractivity contribution in [2.24, 2.45) is 0 Å². The minimum atomic E-state index is -2.72. The van der Waals surface area contributed by atoms with Gasteiger partial charge in [0, 0.05) is 39.0 Å². The van der Waals surface area contributed by atoms with Crippen LogP contribution in [0, 0.1) is 0 Å². The van der Waals surface area contributed by atoms with Gasteiger partial charge in [0.2, 0.25) is 0 Å². The molecule has 1 atom stereocenters. The zero-order valence-electron chi connectivity index (χ0n) is 18.9. The molecule has 0 saturated heterocycles. The maximum absolute atomic E-state index is 12.5. The van der Waals surface area contributed by atoms with Crippen molar-refractivity contribution in [1.29, 1.82) is 0 Å². The summed E-state index contributed by atoms with van der Waals surface area (Å²) in [4.78, 5) is 14.2. The van der Waals surface area contributed by atoms with Crippen molar-refractivity contribution < 1.29 is 22.5 Å². The molecule has 0 bridgehead atoms. The second-order valence-corrected chi connectivity index (χ2v) is 14.4. The van der Waals surface area contributed by atoms with E-state index in [1.165, 1.54) is 0 Å². The van der Waals surface area contributed by atoms with Crippen molar-refractivity contribution in [2.45, 2.75) is 91.6 Å². The quantitative estimate of drug-likeness (QED) is 0.337. The van der Waals surface area contributed by atoms with Gasteiger partial charge in [-0.05, 0) is 51.7 Å². The number of carbonyl (C=O) groups is 1. The molecule has 0 aromatic carbocycles. The third kappa shape index (κ3) is 9.08. The van der Waals surface area contributed by atoms with Crippen molar-refractivity contribution in [1.82, 2.24) is 4.90 Å². The van der Waals surface area contributed by atoms with E-state index in [1.54, 1.807) is 4.90 Å². The normalized spacial score (nSPS) is 13.5. The van der Waals surface area contributed by atoms with Gasteiger partial charge in [0.15, 0.2) is 0 Å². The van der Waals surface area contributed by atoms with Crippen molar-refractivity contribution in [2.75, 3.05) is 26.8 Å². The van der Waals surface area contributed by atoms with Gasteiger partial charge in [-0.1, -0.05) is 27.7 Å². The molecule has 27 heavy (non-hydrogen) atoms. The molecule has 0 aliphatic carbocycles. The van der Waals surface area contributed by atoms with Gasteiger partial charge in [-0.15, -0.1) is 0 Å². The third-order valence-electron chi connectivity index (χ3n) is 5.21. The van der Waals surface area contributed by atoms with Gasteiger partial charge in [0.1, 0.15) is 0 Å². The van der Waals surface area contributed by atoms with E-state index in [9.17, 15) is 4.79 Å². The predicted molar refractivity (Wildman–Crippen MR) is 116 cm³/mol. The van der Waals surface area contributed by atoms with Crippen LogP contribution < -0.4 is 0 Å². The van der Waals surface area contributed by atoms with Crippen molar-refractivity contribution in [3.8, 4) is 0 Å². The van der Waals surface area contributed by atoms with Gasteiger partial charge in [0.05, 0.1) is 0 Å². The molecule has 0 saturated carbocycles. The van der Waals surface area contributed by atoms with Crippen LogP contribution in [0.2, 0.25) is 24.2 Å². The summed E-state index contributed by atoms with van der Waals surface area (Å²) in [5.74, 6) is 0. The van der Waals surface area contributed by atoms with Crippen LogP contribution in [0.4, 0.5) is 4.79 Å². The molecular weight excluding hydrogens is 378 g/mol. The Bertz CT molecular complexity index is 393. The summed E-state index contributed by atoms with van der Waals surface area (Å²) in [6.45, 7) is 16.2. The standard InChI is InChI=1S/C19H43NO5Si2/c1-9-18(7)24-27(22-10-2,23-11-3)17-15-16-20(8)19(21)25-26(12-4,13-5)14-6/h18H,9-17H2,1-8H3. The molecule has 0 fully saturated rings. The van der Waals surface area contributed by atoms with E-state index in [4.69, 9.17) is 17.7 Å². The lowest BCUT2D eigenvalue weighted by atomic mass is 10.3. The maximum atomic E-state index is 12.5. The van der Waals surface area contributed by atoms with E-state index in [2.05, 4.69) is 27.7 Å². The van der Waals surface area contributed by atoms with Crippen molar-refractivity contribution in [3.63, 3.8) is 0 Å². The van der Waals surface area contributed by atoms with Crippen LogP contribution in [0.25, 0.3) is 0 Å². The van der Waals surface area contributed by atoms with E-state index in [0.717, 1.165) is 31.0 Å². The second-order valence-electron chi connectivity index (χ2n) is 7.02. The minimum Gasteiger partial charge on any atom is -0.503 e. The molecule has 0 aromatic heterocycles. The molecule has 0 aliphatic heterocycles. The molecule has 0 spiro atoms. The van der Waals surface area contributed by atoms with E-state index >= 15 is 0 Å². The van der Waals surface area contributed by atoms with E-state index in [-0.39, 0.29) is 12.2 Å². The first-order valence-corrected chi connectivity index (χ1v) is 15.1. The summed E-state index contributed by atoms with van der Waals surface area (Å²) in [6.07, 6.45) is 1.59. The average molecular weight is 422 g/mol. The van der Waals surface area contributed by atoms with Crippen LogP contribution in [0.1, 0.15) is 61.3 Å². The Morgan fingerprint density at radius 2 is 1.48 bits per heavy atom. The Morgan fingerprint density at radius 1 is 0.963 bits per heavy atom. The van der Waals surface area contributed by atoms with Crippen LogP contribution in [-0.2, 0) is 17.7 Å². The SMILES string of the molecule is CCO[Si](CCCN(C)C(=O)O[Si](CC)(CC)CC)(OCC)OC(C)CC. The lowest BCUT2D eigenvalue weighted by Crippen LogP contribution is -2.48. The molecular formula is C19H43NO5Si2. The topological polar surface area (TPSA) is 57.2 Å². The van der Waals surface area contributed by atoms with Gasteiger partial charge < -0.3 is 22.6 Å². The number of nitrogens with zero attached hydrogens (tertiary/aromatic N) is 1. The Balaban J connectivity index is 4.82. The molecule has 0 aliphatic rings. The van der Waals surface area contributed by atoms with Crippen LogP contribution in [0.5, 0.6) is 0 Å². The summed E-state index contributed by atoms with van der Waals surface area (Å²) in [6, 6.07) is 3.60. The van der Waals surface area contributed by atoms with Crippen LogP contribution in [0.3, 0.4) is 0 Å². The van der Waals surface area contributed by atoms with Crippen LogP contribution in [0.15, 0.2) is 0 Å². The highest BCUT2D eigenvalue weighted by molar-refractivity contribution is 6.74. The van der Waals surface area contributed by atoms with E-state index in [0.29, 0.717) is 25.8 Å². The summed E-state index contributed by atoms with van der Waals surface area (Å²) >= 11 is 0. The fraction of sp³-hybridized carbons (Fsp3) is 0.947. The Hall–Kier alpha value is -0.416. The Morgan fingerprint density at radius 3 is 1.89 bits per heavy atom. The van der Waals surface area contributed by atoms with Crippen molar-refractivity contribution in [3.05, 3.63) is 0 Å². The van der Waals surface area contributed by atoms with Crippen LogP contribution >= 0.6 is 0 Å². The monoisotopic (exact) mass is 421 g/mol. The highest BCUT2D eigenvalue weighted by Crippen LogP contribution is 2.24. The number of amides is 1. The molecule has 0 heterocycles. The second kappa shape index (κ2) is 13.7. The first kappa shape index (κ1) is 26.6. The number of rotatable bonds is 15. The minimum absolute atomic E-state index is 0.0998. The zero-order chi connectivity index (χ0) is 20.9. The van der Waals surface area contributed by atoms with Gasteiger partial charge in [0.25, 0.3) is 8.32 Å². The number of hydrogen-bond donors (Lipinski definition) is 0. The average Bonchev–Trinajstić information content (AvgIpc) is 2.66. The number of carbonyl (C=O) groups excluding carboxylic acids is 1. The van der Waals surface area contributed by atoms with E-state index in [1.807, 2.05) is 27.8 Å². The predicted octanol–water partition coefficient (Wildman–Crippen LogP) is 5.28. The van der Waals surface area contributed by atoms with E-state index < -0.39 is 17.1 Å². The first-order valence-electron chi connectivity index (χ1n) is 10.7. The molecule has 1 unspecified atom stereocenters. The lowest BCUT2D eigenvalue weighted by Gasteiger charge is -2.33. The third-order valence-corrected chi connectivity index (χ3v) is 12.9. The summed E-state index contributed by atoms with van der Waals surface area (Å²) in [7, 11) is -2.84. The Labute approximate surface area is 169 Å². The molecule has 0 rings (SSSR count). The molecule has 0 aromatic rings. The molecule has 0 radical (unpaired) electrons. The summed E-state index contributed by atoms with van der Waals surface area (Å²) in [5.41, 5.74) is 0. The smallest absolute Gasteiger partial charge is 0.501 e. The molecule has 8 heteroatoms. The fourth-order valence-electron chi connectivity index (χ4n) is 3.00. The zero-order valence-corrected chi connectivity index (χ0v) is 20.9. The Kier molecular flexibility index (Phi) is 13.5. The van der Waals surface area contributed by atoms with Gasteiger partial charge >= 0.3 is 14.9 Å². The molecule has 162 valence electrons. The van der Waals surface area contributed by atoms with Gasteiger partial charge in [-0.25, -0.2) is 4.79 Å². The lowest BCUT2D eigenvalue weighted by molar-refractivity contribution is 0.0362. The van der Waals surface area contributed by atoms with Gasteiger partial charge in [-0.2, -0.15) is 0 Å². The van der Waals surface area contributed by atoms with Crippen LogP contribution in [-0.4, -0.2) is 61.0 Å². The highest BCUT2D eigenvalue weighted by Gasteiger charge is 2.41. The summed E-state index contributed by atoms with van der Waals surface area (Å²) < 4.78 is 24.1. The molecule has 0 N–H and O–H groups in total. The van der Waals surface area contributed by atoms with Crippen molar-refractivity contribution >= 4 is 23.2 Å². The highest BCUT2D eigenvalue weighted by atomic mass is 28.4. The van der Waals surface area contributed by atoms with Gasteiger partial charge in [-0.3, -0.25) is 0 Å². The molecule has 1 amide bonds. The largest absolute Gasteiger partial charge is 0.503 e. The molecule has 6 nitrogen and oxygen atoms in total.